The van der Waals surface area contributed by atoms with E-state index in [-0.39, 0.29) is 11.7 Å². The largest absolute Gasteiger partial charge is 0.339 e. The average Bonchev–Trinajstić information content (AvgIpc) is 2.46. The van der Waals surface area contributed by atoms with Crippen molar-refractivity contribution in [3.8, 4) is 0 Å². The van der Waals surface area contributed by atoms with Crippen LogP contribution in [0.25, 0.3) is 0 Å². The topological polar surface area (TPSA) is 20.3 Å². The third kappa shape index (κ3) is 4.19. The molecule has 0 N–H and O–H groups in total. The van der Waals surface area contributed by atoms with Crippen LogP contribution in [-0.4, -0.2) is 23.9 Å². The molecule has 0 aliphatic carbocycles. The average molecular weight is 275 g/mol. The number of carbonyl (C=O) groups is 1. The number of nitrogens with zero attached hydrogens (tertiary/aromatic N) is 1. The van der Waals surface area contributed by atoms with Gasteiger partial charge in [0.25, 0.3) is 0 Å². The summed E-state index contributed by atoms with van der Waals surface area (Å²) >= 11 is 0. The minimum Gasteiger partial charge on any atom is -0.339 e. The number of aryl methyl sites for hydroxylation is 1. The molecule has 1 aliphatic rings. The molecule has 1 aliphatic heterocycles. The van der Waals surface area contributed by atoms with E-state index < -0.39 is 0 Å². The molecule has 1 amide bonds. The van der Waals surface area contributed by atoms with Gasteiger partial charge in [-0.05, 0) is 62.3 Å². The smallest absolute Gasteiger partial charge is 0.246 e. The van der Waals surface area contributed by atoms with Gasteiger partial charge < -0.3 is 4.90 Å². The van der Waals surface area contributed by atoms with Crippen LogP contribution in [-0.2, 0) is 11.2 Å². The van der Waals surface area contributed by atoms with Crippen LogP contribution in [0.2, 0.25) is 0 Å². The van der Waals surface area contributed by atoms with Crippen LogP contribution in [0.1, 0.15) is 31.7 Å². The first-order valence-electron chi connectivity index (χ1n) is 7.35. The van der Waals surface area contributed by atoms with Crippen LogP contribution in [0, 0.1) is 11.7 Å². The Bertz CT molecular complexity index is 484. The van der Waals surface area contributed by atoms with Crippen molar-refractivity contribution in [3.05, 3.63) is 47.8 Å². The third-order valence-electron chi connectivity index (χ3n) is 3.87. The standard InChI is InChI=1S/C17H22FNO/c1-2-5-17(20)19-11-4-7-15(13-19)10-9-14-6-3-8-16(18)12-14/h2-3,5-6,8,12,15H,4,7,9-11,13H2,1H3/b5-2+. The SMILES string of the molecule is C/C=C/C(=O)N1CCCC(CCc2cccc(F)c2)C1. The van der Waals surface area contributed by atoms with Crippen LogP contribution in [0.5, 0.6) is 0 Å². The maximum absolute atomic E-state index is 13.1. The van der Waals surface area contributed by atoms with E-state index in [0.717, 1.165) is 44.3 Å². The molecule has 2 nitrogen and oxygen atoms in total. The number of hydrogen-bond acceptors (Lipinski definition) is 1. The molecule has 0 spiro atoms. The van der Waals surface area contributed by atoms with Crippen molar-refractivity contribution in [1.82, 2.24) is 4.90 Å². The number of amides is 1. The van der Waals surface area contributed by atoms with Gasteiger partial charge in [-0.2, -0.15) is 0 Å². The Morgan fingerprint density at radius 1 is 1.50 bits per heavy atom. The summed E-state index contributed by atoms with van der Waals surface area (Å²) < 4.78 is 13.1. The number of rotatable bonds is 4. The molecule has 2 rings (SSSR count). The Hall–Kier alpha value is -1.64. The van der Waals surface area contributed by atoms with E-state index in [2.05, 4.69) is 0 Å². The highest BCUT2D eigenvalue weighted by Gasteiger charge is 2.21. The minimum absolute atomic E-state index is 0.114. The summed E-state index contributed by atoms with van der Waals surface area (Å²) in [7, 11) is 0. The van der Waals surface area contributed by atoms with Crippen LogP contribution in [0.3, 0.4) is 0 Å². The van der Waals surface area contributed by atoms with Crippen molar-refractivity contribution in [1.29, 1.82) is 0 Å². The Kier molecular flexibility index (Phi) is 5.33. The molecule has 3 heteroatoms. The summed E-state index contributed by atoms with van der Waals surface area (Å²) in [5.74, 6) is 0.472. The number of carbonyl (C=O) groups excluding carboxylic acids is 1. The molecular weight excluding hydrogens is 253 g/mol. The van der Waals surface area contributed by atoms with Crippen molar-refractivity contribution in [2.45, 2.75) is 32.6 Å². The lowest BCUT2D eigenvalue weighted by Crippen LogP contribution is -2.39. The van der Waals surface area contributed by atoms with Crippen molar-refractivity contribution in [3.63, 3.8) is 0 Å². The Labute approximate surface area is 120 Å². The van der Waals surface area contributed by atoms with Gasteiger partial charge in [0.05, 0.1) is 0 Å². The fraction of sp³-hybridized carbons (Fsp3) is 0.471. The van der Waals surface area contributed by atoms with E-state index in [0.29, 0.717) is 5.92 Å². The molecule has 20 heavy (non-hydrogen) atoms. The Morgan fingerprint density at radius 2 is 2.35 bits per heavy atom. The molecule has 1 saturated heterocycles. The predicted molar refractivity (Wildman–Crippen MR) is 78.8 cm³/mol. The van der Waals surface area contributed by atoms with Crippen molar-refractivity contribution < 1.29 is 9.18 Å². The van der Waals surface area contributed by atoms with Crippen LogP contribution in [0.15, 0.2) is 36.4 Å². The molecule has 1 unspecified atom stereocenters. The zero-order chi connectivity index (χ0) is 14.4. The monoisotopic (exact) mass is 275 g/mol. The molecule has 1 heterocycles. The van der Waals surface area contributed by atoms with E-state index >= 15 is 0 Å². The zero-order valence-electron chi connectivity index (χ0n) is 12.0. The number of allylic oxidation sites excluding steroid dienone is 1. The lowest BCUT2D eigenvalue weighted by Gasteiger charge is -2.32. The highest BCUT2D eigenvalue weighted by molar-refractivity contribution is 5.87. The van der Waals surface area contributed by atoms with E-state index in [1.165, 1.54) is 6.07 Å². The van der Waals surface area contributed by atoms with Gasteiger partial charge in [0.15, 0.2) is 0 Å². The third-order valence-corrected chi connectivity index (χ3v) is 3.87. The van der Waals surface area contributed by atoms with Gasteiger partial charge in [-0.25, -0.2) is 4.39 Å². The number of likely N-dealkylation sites (tertiary alicyclic amines) is 1. The van der Waals surface area contributed by atoms with Crippen LogP contribution >= 0.6 is 0 Å². The number of benzene rings is 1. The molecule has 1 aromatic carbocycles. The van der Waals surface area contributed by atoms with Gasteiger partial charge >= 0.3 is 0 Å². The van der Waals surface area contributed by atoms with Crippen molar-refractivity contribution in [2.24, 2.45) is 5.92 Å². The lowest BCUT2D eigenvalue weighted by molar-refractivity contribution is -0.127. The maximum atomic E-state index is 13.1. The van der Waals surface area contributed by atoms with Gasteiger partial charge in [-0.3, -0.25) is 4.79 Å². The van der Waals surface area contributed by atoms with E-state index in [4.69, 9.17) is 0 Å². The molecule has 1 fully saturated rings. The Balaban J connectivity index is 1.85. The summed E-state index contributed by atoms with van der Waals surface area (Å²) in [5, 5.41) is 0. The number of halogens is 1. The molecule has 0 radical (unpaired) electrons. The van der Waals surface area contributed by atoms with E-state index in [9.17, 15) is 9.18 Å². The van der Waals surface area contributed by atoms with Gasteiger partial charge in [0, 0.05) is 13.1 Å². The fourth-order valence-corrected chi connectivity index (χ4v) is 2.81. The first-order valence-corrected chi connectivity index (χ1v) is 7.35. The molecule has 0 aromatic heterocycles. The van der Waals surface area contributed by atoms with Gasteiger partial charge in [-0.1, -0.05) is 18.2 Å². The summed E-state index contributed by atoms with van der Waals surface area (Å²) in [6.07, 6.45) is 7.55. The molecule has 108 valence electrons. The summed E-state index contributed by atoms with van der Waals surface area (Å²) in [6, 6.07) is 6.80. The van der Waals surface area contributed by atoms with Crippen molar-refractivity contribution >= 4 is 5.91 Å². The van der Waals surface area contributed by atoms with Crippen LogP contribution < -0.4 is 0 Å². The maximum Gasteiger partial charge on any atom is 0.246 e. The Morgan fingerprint density at radius 3 is 3.10 bits per heavy atom. The molecule has 1 aromatic rings. The molecule has 0 saturated carbocycles. The predicted octanol–water partition coefficient (Wildman–Crippen LogP) is 3.57. The van der Waals surface area contributed by atoms with Gasteiger partial charge in [-0.15, -0.1) is 0 Å². The summed E-state index contributed by atoms with van der Waals surface area (Å²) in [6.45, 7) is 3.56. The number of hydrogen-bond donors (Lipinski definition) is 0. The second-order valence-electron chi connectivity index (χ2n) is 5.46. The van der Waals surface area contributed by atoms with Crippen molar-refractivity contribution in [2.75, 3.05) is 13.1 Å². The highest BCUT2D eigenvalue weighted by atomic mass is 19.1. The lowest BCUT2D eigenvalue weighted by atomic mass is 9.91. The summed E-state index contributed by atoms with van der Waals surface area (Å²) in [5.41, 5.74) is 1.04. The fourth-order valence-electron chi connectivity index (χ4n) is 2.81. The van der Waals surface area contributed by atoms with E-state index in [1.54, 1.807) is 24.3 Å². The van der Waals surface area contributed by atoms with Crippen LogP contribution in [0.4, 0.5) is 4.39 Å². The second kappa shape index (κ2) is 7.22. The molecular formula is C17H22FNO. The minimum atomic E-state index is -0.170. The first-order chi connectivity index (χ1) is 9.69. The molecule has 1 atom stereocenters. The number of piperidine rings is 1. The molecule has 0 bridgehead atoms. The second-order valence-corrected chi connectivity index (χ2v) is 5.46. The van der Waals surface area contributed by atoms with Gasteiger partial charge in [0.2, 0.25) is 5.91 Å². The normalized spacial score (nSPS) is 19.5. The van der Waals surface area contributed by atoms with Gasteiger partial charge in [0.1, 0.15) is 5.82 Å². The first kappa shape index (κ1) is 14.8. The highest BCUT2D eigenvalue weighted by Crippen LogP contribution is 2.22. The quantitative estimate of drug-likeness (QED) is 0.769. The zero-order valence-corrected chi connectivity index (χ0v) is 12.0. The summed E-state index contributed by atoms with van der Waals surface area (Å²) in [4.78, 5) is 13.8. The van der Waals surface area contributed by atoms with E-state index in [1.807, 2.05) is 17.9 Å².